The number of halogens is 1. The molecule has 3 fully saturated rings. The molecule has 3 aliphatic heterocycles. The van der Waals surface area contributed by atoms with Crippen LogP contribution in [-0.4, -0.2) is 43.0 Å². The smallest absolute Gasteiger partial charge is 0.131 e. The molecule has 2 aromatic rings. The molecular formula is C20H23ClN4S. The van der Waals surface area contributed by atoms with Gasteiger partial charge < -0.3 is 15.5 Å². The third-order valence-corrected chi connectivity index (χ3v) is 5.90. The van der Waals surface area contributed by atoms with Crippen LogP contribution in [0.15, 0.2) is 52.4 Å². The summed E-state index contributed by atoms with van der Waals surface area (Å²) in [5.41, 5.74) is 8.97. The third kappa shape index (κ3) is 3.70. The Morgan fingerprint density at radius 2 is 1.88 bits per heavy atom. The molecule has 2 aromatic carbocycles. The van der Waals surface area contributed by atoms with E-state index in [1.807, 2.05) is 30.3 Å². The van der Waals surface area contributed by atoms with Crippen LogP contribution < -0.4 is 10.6 Å². The van der Waals surface area contributed by atoms with Gasteiger partial charge in [0.2, 0.25) is 0 Å². The Labute approximate surface area is 165 Å². The Morgan fingerprint density at radius 3 is 2.62 bits per heavy atom. The van der Waals surface area contributed by atoms with E-state index >= 15 is 0 Å². The Kier molecular flexibility index (Phi) is 5.11. The number of rotatable bonds is 3. The summed E-state index contributed by atoms with van der Waals surface area (Å²) in [6.45, 7) is 4.64. The number of nitrogens with two attached hydrogens (primary N) is 1. The fourth-order valence-electron chi connectivity index (χ4n) is 3.85. The van der Waals surface area contributed by atoms with E-state index in [1.54, 1.807) is 0 Å². The number of nitrogens with zero attached hydrogens (tertiary/aromatic N) is 3. The molecule has 0 amide bonds. The van der Waals surface area contributed by atoms with Crippen molar-refractivity contribution in [1.82, 2.24) is 4.90 Å². The maximum atomic E-state index is 6.16. The lowest BCUT2D eigenvalue weighted by molar-refractivity contribution is 0.250. The molecule has 0 atom stereocenters. The zero-order valence-electron chi connectivity index (χ0n) is 14.6. The van der Waals surface area contributed by atoms with Gasteiger partial charge in [-0.25, -0.2) is 4.99 Å². The molecule has 6 heteroatoms. The van der Waals surface area contributed by atoms with Gasteiger partial charge >= 0.3 is 0 Å². The Bertz CT molecular complexity index is 830. The van der Waals surface area contributed by atoms with Crippen molar-refractivity contribution in [2.24, 2.45) is 10.7 Å². The fourth-order valence-corrected chi connectivity index (χ4v) is 4.30. The van der Waals surface area contributed by atoms with Gasteiger partial charge in [0.05, 0.1) is 5.69 Å². The molecule has 0 spiro atoms. The molecule has 0 aliphatic carbocycles. The summed E-state index contributed by atoms with van der Waals surface area (Å²) in [5.74, 6) is 0.441. The molecule has 0 radical (unpaired) electrons. The summed E-state index contributed by atoms with van der Waals surface area (Å²) in [6.07, 6.45) is 2.48. The average Bonchev–Trinajstić information content (AvgIpc) is 2.97. The first kappa shape index (κ1) is 17.7. The van der Waals surface area contributed by atoms with Crippen LogP contribution in [-0.2, 0) is 0 Å². The fraction of sp³-hybridized carbons (Fsp3) is 0.350. The van der Waals surface area contributed by atoms with Crippen LogP contribution in [0.5, 0.6) is 0 Å². The van der Waals surface area contributed by atoms with Crippen molar-refractivity contribution in [2.45, 2.75) is 23.8 Å². The summed E-state index contributed by atoms with van der Waals surface area (Å²) in [4.78, 5) is 10.5. The average molecular weight is 387 g/mol. The first-order chi connectivity index (χ1) is 12.6. The number of hydrogen-bond acceptors (Lipinski definition) is 4. The van der Waals surface area contributed by atoms with E-state index in [4.69, 9.17) is 17.3 Å². The number of thiol groups is 1. The molecule has 0 unspecified atom stereocenters. The van der Waals surface area contributed by atoms with E-state index in [-0.39, 0.29) is 0 Å². The predicted octanol–water partition coefficient (Wildman–Crippen LogP) is 3.95. The number of benzene rings is 2. The highest BCUT2D eigenvalue weighted by Gasteiger charge is 2.29. The van der Waals surface area contributed by atoms with E-state index in [2.05, 4.69) is 39.6 Å². The highest BCUT2D eigenvalue weighted by atomic mass is 35.5. The van der Waals surface area contributed by atoms with Gasteiger partial charge in [-0.3, -0.25) is 0 Å². The molecular weight excluding hydrogens is 364 g/mol. The number of piperidine rings is 1. The van der Waals surface area contributed by atoms with Crippen molar-refractivity contribution in [3.05, 3.63) is 53.1 Å². The molecule has 3 aliphatic rings. The summed E-state index contributed by atoms with van der Waals surface area (Å²) in [7, 11) is 0. The second-order valence-electron chi connectivity index (χ2n) is 6.95. The molecule has 3 saturated heterocycles. The molecule has 2 bridgehead atoms. The Balaban J connectivity index is 1.59. The molecule has 0 aromatic heterocycles. The minimum absolute atomic E-state index is 0.441. The van der Waals surface area contributed by atoms with Crippen LogP contribution >= 0.6 is 24.2 Å². The van der Waals surface area contributed by atoms with Gasteiger partial charge in [0.1, 0.15) is 5.84 Å². The van der Waals surface area contributed by atoms with Crippen molar-refractivity contribution >= 4 is 41.4 Å². The standard InChI is InChI=1S/C20H23ClN4S/c21-15-3-1-2-14(12-15)20(22)23-18-5-4-17(13-19(18)26)25-11-10-24-8-6-16(25)7-9-24/h1-5,12-13,16,26H,6-11H2,(H2,22,23). The van der Waals surface area contributed by atoms with Gasteiger partial charge in [0.25, 0.3) is 0 Å². The predicted molar refractivity (Wildman–Crippen MR) is 112 cm³/mol. The van der Waals surface area contributed by atoms with Crippen molar-refractivity contribution in [1.29, 1.82) is 0 Å². The van der Waals surface area contributed by atoms with Gasteiger partial charge in [0, 0.05) is 53.4 Å². The van der Waals surface area contributed by atoms with Gasteiger partial charge in [-0.15, -0.1) is 12.6 Å². The zero-order valence-corrected chi connectivity index (χ0v) is 16.3. The molecule has 2 N–H and O–H groups in total. The van der Waals surface area contributed by atoms with Gasteiger partial charge in [-0.2, -0.15) is 0 Å². The molecule has 4 nitrogen and oxygen atoms in total. The number of fused-ring (bicyclic) bond motifs is 4. The summed E-state index contributed by atoms with van der Waals surface area (Å²) in [5, 5.41) is 0.647. The topological polar surface area (TPSA) is 44.9 Å². The second kappa shape index (κ2) is 7.51. The lowest BCUT2D eigenvalue weighted by Crippen LogP contribution is -2.37. The molecule has 5 rings (SSSR count). The lowest BCUT2D eigenvalue weighted by atomic mass is 10.0. The summed E-state index contributed by atoms with van der Waals surface area (Å²) in [6, 6.07) is 14.3. The van der Waals surface area contributed by atoms with Crippen molar-refractivity contribution < 1.29 is 0 Å². The van der Waals surface area contributed by atoms with Gasteiger partial charge in [0.15, 0.2) is 0 Å². The maximum absolute atomic E-state index is 6.16. The molecule has 0 saturated carbocycles. The van der Waals surface area contributed by atoms with Crippen molar-refractivity contribution in [2.75, 3.05) is 31.1 Å². The highest BCUT2D eigenvalue weighted by molar-refractivity contribution is 7.80. The van der Waals surface area contributed by atoms with E-state index in [1.165, 1.54) is 31.6 Å². The maximum Gasteiger partial charge on any atom is 0.131 e. The van der Waals surface area contributed by atoms with Crippen LogP contribution in [0.3, 0.4) is 0 Å². The number of anilines is 1. The monoisotopic (exact) mass is 386 g/mol. The normalized spacial score (nSPS) is 23.2. The van der Waals surface area contributed by atoms with Crippen molar-refractivity contribution in [3.8, 4) is 0 Å². The number of aliphatic imine (C=N–C) groups is 1. The van der Waals surface area contributed by atoms with Gasteiger partial charge in [-0.05, 0) is 43.2 Å². The Morgan fingerprint density at radius 1 is 1.08 bits per heavy atom. The van der Waals surface area contributed by atoms with E-state index < -0.39 is 0 Å². The molecule has 26 heavy (non-hydrogen) atoms. The van der Waals surface area contributed by atoms with E-state index in [0.717, 1.165) is 29.2 Å². The minimum Gasteiger partial charge on any atom is -0.383 e. The van der Waals surface area contributed by atoms with Crippen LogP contribution in [0.2, 0.25) is 5.02 Å². The first-order valence-corrected chi connectivity index (χ1v) is 9.85. The molecule has 3 heterocycles. The third-order valence-electron chi connectivity index (χ3n) is 5.31. The SMILES string of the molecule is NC(=Nc1ccc(N2CCN3CCC2CC3)cc1S)c1cccc(Cl)c1. The second-order valence-corrected chi connectivity index (χ2v) is 7.86. The Hall–Kier alpha value is -1.69. The van der Waals surface area contributed by atoms with Crippen LogP contribution in [0, 0.1) is 0 Å². The quantitative estimate of drug-likeness (QED) is 0.477. The van der Waals surface area contributed by atoms with Crippen LogP contribution in [0.1, 0.15) is 18.4 Å². The highest BCUT2D eigenvalue weighted by Crippen LogP contribution is 2.32. The summed E-state index contributed by atoms with van der Waals surface area (Å²) < 4.78 is 0. The first-order valence-electron chi connectivity index (χ1n) is 9.02. The van der Waals surface area contributed by atoms with E-state index in [9.17, 15) is 0 Å². The number of amidine groups is 1. The summed E-state index contributed by atoms with van der Waals surface area (Å²) >= 11 is 10.7. The van der Waals surface area contributed by atoms with Gasteiger partial charge in [-0.1, -0.05) is 23.7 Å². The number of hydrogen-bond donors (Lipinski definition) is 2. The van der Waals surface area contributed by atoms with Crippen LogP contribution in [0.4, 0.5) is 11.4 Å². The minimum atomic E-state index is 0.441. The van der Waals surface area contributed by atoms with Crippen molar-refractivity contribution in [3.63, 3.8) is 0 Å². The molecule has 136 valence electrons. The lowest BCUT2D eigenvalue weighted by Gasteiger charge is -2.33. The van der Waals surface area contributed by atoms with Crippen LogP contribution in [0.25, 0.3) is 0 Å². The largest absolute Gasteiger partial charge is 0.383 e. The van der Waals surface area contributed by atoms with E-state index in [0.29, 0.717) is 16.9 Å². The zero-order chi connectivity index (χ0) is 18.1.